The van der Waals surface area contributed by atoms with Crippen molar-refractivity contribution < 1.29 is 19.4 Å². The van der Waals surface area contributed by atoms with Gasteiger partial charge < -0.3 is 20.5 Å². The molecule has 0 atom stereocenters. The van der Waals surface area contributed by atoms with Crippen molar-refractivity contribution in [3.8, 4) is 0 Å². The molecule has 1 aromatic heterocycles. The third-order valence-corrected chi connectivity index (χ3v) is 3.00. The number of hydrogen-bond acceptors (Lipinski definition) is 5. The Bertz CT molecular complexity index is 448. The minimum atomic E-state index is -1.07. The quantitative estimate of drug-likeness (QED) is 0.629. The summed E-state index contributed by atoms with van der Waals surface area (Å²) in [6.45, 7) is 5.87. The molecule has 3 N–H and O–H groups in total. The summed E-state index contributed by atoms with van der Waals surface area (Å²) in [5, 5.41) is 15.9. The van der Waals surface area contributed by atoms with Crippen LogP contribution in [0.1, 0.15) is 29.3 Å². The Morgan fingerprint density at radius 1 is 1.45 bits per heavy atom. The molecule has 0 aromatic carbocycles. The zero-order valence-corrected chi connectivity index (χ0v) is 12.3. The molecule has 0 radical (unpaired) electrons. The number of thiazole rings is 1. The summed E-state index contributed by atoms with van der Waals surface area (Å²) < 4.78 is 5.32. The number of hydrogen-bond donors (Lipinski definition) is 3. The van der Waals surface area contributed by atoms with E-state index >= 15 is 0 Å². The van der Waals surface area contributed by atoms with Crippen molar-refractivity contribution in [2.24, 2.45) is 5.92 Å². The maximum atomic E-state index is 11.4. The van der Waals surface area contributed by atoms with Crippen LogP contribution in [0, 0.1) is 5.92 Å². The van der Waals surface area contributed by atoms with Crippen molar-refractivity contribution in [2.45, 2.75) is 20.4 Å². The summed E-state index contributed by atoms with van der Waals surface area (Å²) >= 11 is 1.20. The molecule has 1 heterocycles. The largest absolute Gasteiger partial charge is 0.476 e. The summed E-state index contributed by atoms with van der Waals surface area (Å²) in [4.78, 5) is 25.9. The third kappa shape index (κ3) is 6.48. The maximum absolute atomic E-state index is 11.4. The lowest BCUT2D eigenvalue weighted by Crippen LogP contribution is -2.37. The third-order valence-electron chi connectivity index (χ3n) is 2.15. The molecule has 0 aliphatic carbocycles. The lowest BCUT2D eigenvalue weighted by atomic mass is 10.2. The Hall–Kier alpha value is -1.67. The highest BCUT2D eigenvalue weighted by Crippen LogP contribution is 2.09. The normalized spacial score (nSPS) is 10.6. The van der Waals surface area contributed by atoms with E-state index in [0.717, 1.165) is 0 Å². The number of aromatic carboxylic acids is 1. The van der Waals surface area contributed by atoms with E-state index in [1.54, 1.807) is 0 Å². The molecule has 112 valence electrons. The van der Waals surface area contributed by atoms with Crippen LogP contribution in [-0.2, 0) is 11.3 Å². The van der Waals surface area contributed by atoms with E-state index in [2.05, 4.69) is 29.5 Å². The standard InChI is InChI=1S/C12H19N3O4S/c1-8(2)6-19-4-3-13-12(18)14-5-10-15-9(7-20-10)11(16)17/h7-8H,3-6H2,1-2H3,(H,16,17)(H2,13,14,18). The first-order valence-electron chi connectivity index (χ1n) is 6.26. The number of carboxylic acids is 1. The van der Waals surface area contributed by atoms with Gasteiger partial charge in [0.05, 0.1) is 13.2 Å². The number of urea groups is 1. The first-order valence-corrected chi connectivity index (χ1v) is 7.14. The van der Waals surface area contributed by atoms with Crippen molar-refractivity contribution in [3.05, 3.63) is 16.1 Å². The van der Waals surface area contributed by atoms with Crippen LogP contribution in [0.4, 0.5) is 4.79 Å². The topological polar surface area (TPSA) is 101 Å². The van der Waals surface area contributed by atoms with E-state index in [1.807, 2.05) is 0 Å². The molecule has 0 spiro atoms. The van der Waals surface area contributed by atoms with Crippen molar-refractivity contribution in [1.29, 1.82) is 0 Å². The summed E-state index contributed by atoms with van der Waals surface area (Å²) in [6, 6.07) is -0.328. The first kappa shape index (κ1) is 16.4. The van der Waals surface area contributed by atoms with Crippen LogP contribution in [0.25, 0.3) is 0 Å². The Morgan fingerprint density at radius 2 is 2.20 bits per heavy atom. The molecule has 1 rings (SSSR count). The van der Waals surface area contributed by atoms with Crippen LogP contribution in [-0.4, -0.2) is 41.8 Å². The second-order valence-electron chi connectivity index (χ2n) is 4.51. The summed E-state index contributed by atoms with van der Waals surface area (Å²) in [5.41, 5.74) is -0.00528. The molecule has 0 fully saturated rings. The van der Waals surface area contributed by atoms with Gasteiger partial charge in [-0.25, -0.2) is 14.6 Å². The van der Waals surface area contributed by atoms with Crippen molar-refractivity contribution in [3.63, 3.8) is 0 Å². The second-order valence-corrected chi connectivity index (χ2v) is 5.45. The van der Waals surface area contributed by atoms with E-state index in [1.165, 1.54) is 16.7 Å². The molecule has 7 nitrogen and oxygen atoms in total. The monoisotopic (exact) mass is 301 g/mol. The van der Waals surface area contributed by atoms with Gasteiger partial charge in [0.25, 0.3) is 0 Å². The summed E-state index contributed by atoms with van der Waals surface area (Å²) in [5.74, 6) is -0.601. The molecule has 20 heavy (non-hydrogen) atoms. The predicted molar refractivity (Wildman–Crippen MR) is 75.0 cm³/mol. The lowest BCUT2D eigenvalue weighted by molar-refractivity contribution is 0.0691. The van der Waals surface area contributed by atoms with Crippen molar-refractivity contribution in [2.75, 3.05) is 19.8 Å². The first-order chi connectivity index (χ1) is 9.49. The second kappa shape index (κ2) is 8.49. The van der Waals surface area contributed by atoms with Crippen LogP contribution in [0.15, 0.2) is 5.38 Å². The van der Waals surface area contributed by atoms with Crippen LogP contribution in [0.3, 0.4) is 0 Å². The van der Waals surface area contributed by atoms with Gasteiger partial charge in [0.2, 0.25) is 0 Å². The summed E-state index contributed by atoms with van der Waals surface area (Å²) in [6.07, 6.45) is 0. The Labute approximate surface area is 121 Å². The molecule has 8 heteroatoms. The Balaban J connectivity index is 2.14. The minimum absolute atomic E-state index is 0.00528. The Morgan fingerprint density at radius 3 is 2.80 bits per heavy atom. The average molecular weight is 301 g/mol. The SMILES string of the molecule is CC(C)COCCNC(=O)NCc1nc(C(=O)O)cs1. The molecule has 0 unspecified atom stereocenters. The van der Waals surface area contributed by atoms with Crippen LogP contribution in [0.2, 0.25) is 0 Å². The van der Waals surface area contributed by atoms with Crippen molar-refractivity contribution >= 4 is 23.3 Å². The molecule has 0 saturated carbocycles. The number of carboxylic acid groups (broad SMARTS) is 1. The van der Waals surface area contributed by atoms with Gasteiger partial charge in [-0.1, -0.05) is 13.8 Å². The van der Waals surface area contributed by atoms with E-state index in [0.29, 0.717) is 30.7 Å². The molecule has 2 amide bonds. The molecule has 0 aliphatic rings. The van der Waals surface area contributed by atoms with Gasteiger partial charge >= 0.3 is 12.0 Å². The highest BCUT2D eigenvalue weighted by molar-refractivity contribution is 7.09. The van der Waals surface area contributed by atoms with E-state index in [-0.39, 0.29) is 18.3 Å². The zero-order chi connectivity index (χ0) is 15.0. The highest BCUT2D eigenvalue weighted by Gasteiger charge is 2.09. The molecule has 0 bridgehead atoms. The molecule has 1 aromatic rings. The van der Waals surface area contributed by atoms with Crippen molar-refractivity contribution in [1.82, 2.24) is 15.6 Å². The van der Waals surface area contributed by atoms with Gasteiger partial charge in [-0.2, -0.15) is 0 Å². The predicted octanol–water partition coefficient (Wildman–Crippen LogP) is 1.31. The number of carbonyl (C=O) groups is 2. The van der Waals surface area contributed by atoms with Gasteiger partial charge in [-0.15, -0.1) is 11.3 Å². The van der Waals surface area contributed by atoms with Gasteiger partial charge in [-0.3, -0.25) is 0 Å². The molecule has 0 saturated heterocycles. The molecular weight excluding hydrogens is 282 g/mol. The summed E-state index contributed by atoms with van der Waals surface area (Å²) in [7, 11) is 0. The number of carbonyl (C=O) groups excluding carboxylic acids is 1. The van der Waals surface area contributed by atoms with Crippen LogP contribution < -0.4 is 10.6 Å². The number of nitrogens with one attached hydrogen (secondary N) is 2. The van der Waals surface area contributed by atoms with E-state index in [4.69, 9.17) is 9.84 Å². The highest BCUT2D eigenvalue weighted by atomic mass is 32.1. The number of ether oxygens (including phenoxy) is 1. The lowest BCUT2D eigenvalue weighted by Gasteiger charge is -2.08. The molecule has 0 aliphatic heterocycles. The van der Waals surface area contributed by atoms with E-state index < -0.39 is 5.97 Å². The minimum Gasteiger partial charge on any atom is -0.476 e. The van der Waals surface area contributed by atoms with Gasteiger partial charge in [0, 0.05) is 18.5 Å². The van der Waals surface area contributed by atoms with Gasteiger partial charge in [-0.05, 0) is 5.92 Å². The smallest absolute Gasteiger partial charge is 0.355 e. The van der Waals surface area contributed by atoms with Gasteiger partial charge in [0.1, 0.15) is 5.01 Å². The fourth-order valence-corrected chi connectivity index (χ4v) is 1.97. The fraction of sp³-hybridized carbons (Fsp3) is 0.583. The van der Waals surface area contributed by atoms with Crippen LogP contribution in [0.5, 0.6) is 0 Å². The number of nitrogens with zero attached hydrogens (tertiary/aromatic N) is 1. The number of aromatic nitrogens is 1. The van der Waals surface area contributed by atoms with Gasteiger partial charge in [0.15, 0.2) is 5.69 Å². The van der Waals surface area contributed by atoms with E-state index in [9.17, 15) is 9.59 Å². The Kier molecular flexibility index (Phi) is 6.96. The molecular formula is C12H19N3O4S. The zero-order valence-electron chi connectivity index (χ0n) is 11.5. The maximum Gasteiger partial charge on any atom is 0.355 e. The number of amides is 2. The fourth-order valence-electron chi connectivity index (χ4n) is 1.26. The average Bonchev–Trinajstić information content (AvgIpc) is 2.84. The van der Waals surface area contributed by atoms with Crippen LogP contribution >= 0.6 is 11.3 Å². The number of rotatable bonds is 8.